The van der Waals surface area contributed by atoms with E-state index < -0.39 is 0 Å². The first-order valence-corrected chi connectivity index (χ1v) is 3.30. The number of hydrogen-bond acceptors (Lipinski definition) is 2. The lowest BCUT2D eigenvalue weighted by atomic mass is 9.95. The number of pyridine rings is 1. The molecule has 0 aliphatic carbocycles. The zero-order chi connectivity index (χ0) is 7.84. The molecule has 2 heterocycles. The Labute approximate surface area is 65.5 Å². The van der Waals surface area contributed by atoms with Crippen molar-refractivity contribution < 1.29 is 0 Å². The highest BCUT2D eigenvalue weighted by Crippen LogP contribution is 2.05. The summed E-state index contributed by atoms with van der Waals surface area (Å²) >= 11 is 0. The average Bonchev–Trinajstić information content (AvgIpc) is 2.35. The predicted molar refractivity (Wildman–Crippen MR) is 43.9 cm³/mol. The molecule has 2 radical (unpaired) electrons. The van der Waals surface area contributed by atoms with Crippen LogP contribution in [-0.4, -0.2) is 22.6 Å². The van der Waals surface area contributed by atoms with Crippen LogP contribution in [-0.2, 0) is 7.05 Å². The van der Waals surface area contributed by atoms with E-state index in [0.29, 0.717) is 5.46 Å². The molecule has 0 fully saturated rings. The molecule has 0 saturated heterocycles. The smallest absolute Gasteiger partial charge is 0.116 e. The van der Waals surface area contributed by atoms with Gasteiger partial charge in [0.05, 0.1) is 17.9 Å². The normalized spacial score (nSPS) is 10.6. The molecule has 0 aliphatic rings. The molecule has 3 nitrogen and oxygen atoms in total. The molecule has 0 N–H and O–H groups in total. The van der Waals surface area contributed by atoms with Crippen molar-refractivity contribution in [3.05, 3.63) is 18.6 Å². The van der Waals surface area contributed by atoms with E-state index in [2.05, 4.69) is 10.1 Å². The van der Waals surface area contributed by atoms with Gasteiger partial charge in [-0.05, 0) is 0 Å². The van der Waals surface area contributed by atoms with Gasteiger partial charge in [-0.1, -0.05) is 5.46 Å². The molecule has 4 heteroatoms. The molecule has 0 unspecified atom stereocenters. The van der Waals surface area contributed by atoms with Crippen LogP contribution in [0.15, 0.2) is 18.6 Å². The maximum absolute atomic E-state index is 5.65. The molecule has 0 saturated carbocycles. The SMILES string of the molecule is [B]c1cncc2c1cnn2C. The van der Waals surface area contributed by atoms with E-state index in [0.717, 1.165) is 10.9 Å². The molecular formula is C7H6BN3. The van der Waals surface area contributed by atoms with Crippen molar-refractivity contribution in [3.63, 3.8) is 0 Å². The highest BCUT2D eigenvalue weighted by molar-refractivity contribution is 6.38. The third-order valence-corrected chi connectivity index (χ3v) is 1.71. The van der Waals surface area contributed by atoms with E-state index in [1.54, 1.807) is 23.3 Å². The summed E-state index contributed by atoms with van der Waals surface area (Å²) in [6.45, 7) is 0. The zero-order valence-electron chi connectivity index (χ0n) is 6.15. The van der Waals surface area contributed by atoms with Crippen molar-refractivity contribution in [2.24, 2.45) is 7.05 Å². The molecule has 11 heavy (non-hydrogen) atoms. The van der Waals surface area contributed by atoms with E-state index in [9.17, 15) is 0 Å². The van der Waals surface area contributed by atoms with Crippen molar-refractivity contribution in [3.8, 4) is 0 Å². The fraction of sp³-hybridized carbons (Fsp3) is 0.143. The van der Waals surface area contributed by atoms with Gasteiger partial charge in [0, 0.05) is 18.6 Å². The molecule has 0 amide bonds. The number of aryl methyl sites for hydroxylation is 1. The Morgan fingerprint density at radius 2 is 2.18 bits per heavy atom. The van der Waals surface area contributed by atoms with Gasteiger partial charge in [-0.3, -0.25) is 9.67 Å². The summed E-state index contributed by atoms with van der Waals surface area (Å²) in [7, 11) is 7.52. The molecule has 0 bridgehead atoms. The van der Waals surface area contributed by atoms with E-state index >= 15 is 0 Å². The summed E-state index contributed by atoms with van der Waals surface area (Å²) in [6, 6.07) is 0. The quantitative estimate of drug-likeness (QED) is 0.476. The topological polar surface area (TPSA) is 30.7 Å². The average molecular weight is 143 g/mol. The molecule has 0 aromatic carbocycles. The highest BCUT2D eigenvalue weighted by atomic mass is 15.2. The minimum Gasteiger partial charge on any atom is -0.266 e. The summed E-state index contributed by atoms with van der Waals surface area (Å²) in [6.07, 6.45) is 5.12. The third kappa shape index (κ3) is 0.825. The zero-order valence-corrected chi connectivity index (χ0v) is 6.15. The van der Waals surface area contributed by atoms with Crippen LogP contribution in [0.25, 0.3) is 10.9 Å². The fourth-order valence-corrected chi connectivity index (χ4v) is 1.08. The fourth-order valence-electron chi connectivity index (χ4n) is 1.08. The van der Waals surface area contributed by atoms with E-state index in [-0.39, 0.29) is 0 Å². The van der Waals surface area contributed by atoms with Crippen LogP contribution >= 0.6 is 0 Å². The lowest BCUT2D eigenvalue weighted by molar-refractivity contribution is 0.795. The van der Waals surface area contributed by atoms with Gasteiger partial charge in [-0.25, -0.2) is 0 Å². The van der Waals surface area contributed by atoms with Crippen LogP contribution in [0, 0.1) is 0 Å². The lowest BCUT2D eigenvalue weighted by Gasteiger charge is -1.94. The van der Waals surface area contributed by atoms with Crippen molar-refractivity contribution in [1.82, 2.24) is 14.8 Å². The number of aromatic nitrogens is 3. The second-order valence-electron chi connectivity index (χ2n) is 2.43. The number of fused-ring (bicyclic) bond motifs is 1. The number of rotatable bonds is 0. The summed E-state index contributed by atoms with van der Waals surface area (Å²) in [5, 5.41) is 5.01. The minimum absolute atomic E-state index is 0.676. The Morgan fingerprint density at radius 3 is 2.91 bits per heavy atom. The van der Waals surface area contributed by atoms with Gasteiger partial charge in [0.2, 0.25) is 0 Å². The van der Waals surface area contributed by atoms with Crippen molar-refractivity contribution >= 4 is 24.2 Å². The Hall–Kier alpha value is -1.32. The standard InChI is InChI=1S/C7H6BN3/c1-11-7-4-9-3-6(8)5(7)2-10-11/h2-4H,1H3. The van der Waals surface area contributed by atoms with E-state index in [1.807, 2.05) is 7.05 Å². The van der Waals surface area contributed by atoms with Crippen molar-refractivity contribution in [2.75, 3.05) is 0 Å². The van der Waals surface area contributed by atoms with Crippen LogP contribution in [0.1, 0.15) is 0 Å². The van der Waals surface area contributed by atoms with Gasteiger partial charge in [0.1, 0.15) is 7.85 Å². The summed E-state index contributed by atoms with van der Waals surface area (Å²) < 4.78 is 1.75. The van der Waals surface area contributed by atoms with Gasteiger partial charge in [-0.2, -0.15) is 5.10 Å². The molecule has 0 spiro atoms. The first-order chi connectivity index (χ1) is 5.29. The molecular weight excluding hydrogens is 137 g/mol. The Bertz CT molecular complexity index is 393. The highest BCUT2D eigenvalue weighted by Gasteiger charge is 1.99. The van der Waals surface area contributed by atoms with Crippen LogP contribution < -0.4 is 5.46 Å². The number of nitrogens with zero attached hydrogens (tertiary/aromatic N) is 3. The summed E-state index contributed by atoms with van der Waals surface area (Å²) in [4.78, 5) is 3.96. The Morgan fingerprint density at radius 1 is 1.36 bits per heavy atom. The van der Waals surface area contributed by atoms with Crippen molar-refractivity contribution in [2.45, 2.75) is 0 Å². The Balaban J connectivity index is 2.94. The predicted octanol–water partition coefficient (Wildman–Crippen LogP) is -0.238. The number of hydrogen-bond donors (Lipinski definition) is 0. The molecule has 0 aliphatic heterocycles. The van der Waals surface area contributed by atoms with Crippen LogP contribution in [0.2, 0.25) is 0 Å². The van der Waals surface area contributed by atoms with E-state index in [4.69, 9.17) is 7.85 Å². The van der Waals surface area contributed by atoms with Crippen LogP contribution in [0.3, 0.4) is 0 Å². The molecule has 2 aromatic heterocycles. The monoisotopic (exact) mass is 143 g/mol. The third-order valence-electron chi connectivity index (χ3n) is 1.71. The lowest BCUT2D eigenvalue weighted by Crippen LogP contribution is -2.03. The maximum atomic E-state index is 5.65. The molecule has 2 rings (SSSR count). The second kappa shape index (κ2) is 2.08. The van der Waals surface area contributed by atoms with Gasteiger partial charge in [-0.15, -0.1) is 0 Å². The van der Waals surface area contributed by atoms with Crippen molar-refractivity contribution in [1.29, 1.82) is 0 Å². The first kappa shape index (κ1) is 6.40. The van der Waals surface area contributed by atoms with E-state index in [1.165, 1.54) is 0 Å². The van der Waals surface area contributed by atoms with Gasteiger partial charge in [0.15, 0.2) is 0 Å². The molecule has 2 aromatic rings. The van der Waals surface area contributed by atoms with Crippen LogP contribution in [0.4, 0.5) is 0 Å². The second-order valence-corrected chi connectivity index (χ2v) is 2.43. The first-order valence-electron chi connectivity index (χ1n) is 3.30. The maximum Gasteiger partial charge on any atom is 0.116 e. The van der Waals surface area contributed by atoms with Gasteiger partial charge < -0.3 is 0 Å². The van der Waals surface area contributed by atoms with Crippen LogP contribution in [0.5, 0.6) is 0 Å². The summed E-state index contributed by atoms with van der Waals surface area (Å²) in [5.41, 5.74) is 1.64. The van der Waals surface area contributed by atoms with Gasteiger partial charge in [0.25, 0.3) is 0 Å². The molecule has 0 atom stereocenters. The minimum atomic E-state index is 0.676. The Kier molecular flexibility index (Phi) is 1.21. The largest absolute Gasteiger partial charge is 0.266 e. The summed E-state index contributed by atoms with van der Waals surface area (Å²) in [5.74, 6) is 0. The molecule has 52 valence electrons. The van der Waals surface area contributed by atoms with Gasteiger partial charge >= 0.3 is 0 Å².